The van der Waals surface area contributed by atoms with Crippen molar-refractivity contribution < 1.29 is 4.79 Å². The van der Waals surface area contributed by atoms with E-state index >= 15 is 0 Å². The van der Waals surface area contributed by atoms with Crippen LogP contribution in [0.4, 0.5) is 10.6 Å². The van der Waals surface area contributed by atoms with Gasteiger partial charge in [-0.05, 0) is 24.3 Å². The van der Waals surface area contributed by atoms with E-state index in [2.05, 4.69) is 25.6 Å². The monoisotopic (exact) mass is 345 g/mol. The largest absolute Gasteiger partial charge is 0.352 e. The Morgan fingerprint density at radius 1 is 1.12 bits per heavy atom. The number of nitrogens with one attached hydrogen (secondary N) is 1. The van der Waals surface area contributed by atoms with Crippen LogP contribution in [0.3, 0.4) is 0 Å². The van der Waals surface area contributed by atoms with Crippen LogP contribution in [0.1, 0.15) is 32.1 Å². The highest BCUT2D eigenvalue weighted by atomic mass is 32.1. The molecule has 0 unspecified atom stereocenters. The number of thiophene rings is 1. The standard InChI is InChI=1S/C17H23N5OS/c23-17(20-13-4-2-1-3-5-13)22-9-7-21(8-10-22)16-15-14(6-11-24-15)18-12-19-16/h6,11-13H,1-5,7-10H2,(H,20,23). The Morgan fingerprint density at radius 3 is 2.71 bits per heavy atom. The third-order valence-corrected chi connectivity index (χ3v) is 5.92. The summed E-state index contributed by atoms with van der Waals surface area (Å²) in [5, 5.41) is 5.27. The SMILES string of the molecule is O=C(NC1CCCCC1)N1CCN(c2ncnc3ccsc23)CC1. The summed E-state index contributed by atoms with van der Waals surface area (Å²) in [5.41, 5.74) is 1.00. The van der Waals surface area contributed by atoms with Crippen molar-refractivity contribution in [3.63, 3.8) is 0 Å². The molecule has 24 heavy (non-hydrogen) atoms. The summed E-state index contributed by atoms with van der Waals surface area (Å²) in [6.45, 7) is 3.13. The number of fused-ring (bicyclic) bond motifs is 1. The first kappa shape index (κ1) is 15.6. The number of carbonyl (C=O) groups excluding carboxylic acids is 1. The maximum absolute atomic E-state index is 12.5. The number of hydrogen-bond acceptors (Lipinski definition) is 5. The zero-order valence-electron chi connectivity index (χ0n) is 13.8. The molecule has 0 bridgehead atoms. The van der Waals surface area contributed by atoms with Gasteiger partial charge in [0.1, 0.15) is 12.1 Å². The molecule has 2 aromatic heterocycles. The molecule has 2 aromatic rings. The maximum atomic E-state index is 12.5. The summed E-state index contributed by atoms with van der Waals surface area (Å²) >= 11 is 1.68. The molecule has 1 saturated carbocycles. The Labute approximate surface area is 145 Å². The molecule has 0 atom stereocenters. The molecule has 7 heteroatoms. The van der Waals surface area contributed by atoms with E-state index in [9.17, 15) is 4.79 Å². The minimum atomic E-state index is 0.102. The first-order valence-corrected chi connectivity index (χ1v) is 9.68. The van der Waals surface area contributed by atoms with Gasteiger partial charge in [0.05, 0.1) is 10.2 Å². The zero-order chi connectivity index (χ0) is 16.4. The van der Waals surface area contributed by atoms with E-state index in [-0.39, 0.29) is 6.03 Å². The molecular formula is C17H23N5OS. The van der Waals surface area contributed by atoms with Gasteiger partial charge in [-0.1, -0.05) is 19.3 Å². The van der Waals surface area contributed by atoms with Crippen LogP contribution in [0.5, 0.6) is 0 Å². The summed E-state index contributed by atoms with van der Waals surface area (Å²) in [6.07, 6.45) is 7.67. The smallest absolute Gasteiger partial charge is 0.317 e. The van der Waals surface area contributed by atoms with E-state index in [0.717, 1.165) is 55.1 Å². The molecule has 0 spiro atoms. The van der Waals surface area contributed by atoms with Gasteiger partial charge in [0.25, 0.3) is 0 Å². The van der Waals surface area contributed by atoms with E-state index in [1.54, 1.807) is 17.7 Å². The number of anilines is 1. The molecule has 3 heterocycles. The number of rotatable bonds is 2. The highest BCUT2D eigenvalue weighted by Gasteiger charge is 2.25. The van der Waals surface area contributed by atoms with Crippen molar-refractivity contribution in [3.8, 4) is 0 Å². The fraction of sp³-hybridized carbons (Fsp3) is 0.588. The highest BCUT2D eigenvalue weighted by molar-refractivity contribution is 7.17. The predicted molar refractivity (Wildman–Crippen MR) is 96.6 cm³/mol. The molecular weight excluding hydrogens is 322 g/mol. The third kappa shape index (κ3) is 3.17. The lowest BCUT2D eigenvalue weighted by Crippen LogP contribution is -2.53. The van der Waals surface area contributed by atoms with Crippen molar-refractivity contribution >= 4 is 33.4 Å². The number of hydrogen-bond donors (Lipinski definition) is 1. The van der Waals surface area contributed by atoms with E-state index in [4.69, 9.17) is 0 Å². The molecule has 128 valence electrons. The van der Waals surface area contributed by atoms with Crippen molar-refractivity contribution in [2.75, 3.05) is 31.1 Å². The first-order chi connectivity index (χ1) is 11.8. The lowest BCUT2D eigenvalue weighted by molar-refractivity contribution is 0.186. The topological polar surface area (TPSA) is 61.4 Å². The van der Waals surface area contributed by atoms with Crippen molar-refractivity contribution in [2.24, 2.45) is 0 Å². The van der Waals surface area contributed by atoms with Gasteiger partial charge in [0.2, 0.25) is 0 Å². The minimum Gasteiger partial charge on any atom is -0.352 e. The summed E-state index contributed by atoms with van der Waals surface area (Å²) in [5.74, 6) is 1.00. The molecule has 1 N–H and O–H groups in total. The average Bonchev–Trinajstić information content (AvgIpc) is 3.11. The summed E-state index contributed by atoms with van der Waals surface area (Å²) in [6, 6.07) is 2.50. The number of urea groups is 1. The number of aromatic nitrogens is 2. The van der Waals surface area contributed by atoms with Crippen LogP contribution in [-0.2, 0) is 0 Å². The highest BCUT2D eigenvalue weighted by Crippen LogP contribution is 2.28. The first-order valence-electron chi connectivity index (χ1n) is 8.80. The van der Waals surface area contributed by atoms with Crippen LogP contribution in [0, 0.1) is 0 Å². The Bertz CT molecular complexity index is 704. The minimum absolute atomic E-state index is 0.102. The maximum Gasteiger partial charge on any atom is 0.317 e. The van der Waals surface area contributed by atoms with E-state index in [0.29, 0.717) is 6.04 Å². The molecule has 4 rings (SSSR count). The van der Waals surface area contributed by atoms with Crippen LogP contribution in [-0.4, -0.2) is 53.1 Å². The van der Waals surface area contributed by atoms with Gasteiger partial charge in [0.15, 0.2) is 0 Å². The van der Waals surface area contributed by atoms with Crippen molar-refractivity contribution in [3.05, 3.63) is 17.8 Å². The van der Waals surface area contributed by atoms with Crippen molar-refractivity contribution in [2.45, 2.75) is 38.1 Å². The summed E-state index contributed by atoms with van der Waals surface area (Å²) < 4.78 is 1.14. The molecule has 2 amide bonds. The van der Waals surface area contributed by atoms with Gasteiger partial charge in [-0.2, -0.15) is 0 Å². The van der Waals surface area contributed by atoms with Gasteiger partial charge < -0.3 is 15.1 Å². The second-order valence-electron chi connectivity index (χ2n) is 6.59. The fourth-order valence-electron chi connectivity index (χ4n) is 3.64. The van der Waals surface area contributed by atoms with E-state index in [1.165, 1.54) is 19.3 Å². The van der Waals surface area contributed by atoms with Gasteiger partial charge >= 0.3 is 6.03 Å². The molecule has 6 nitrogen and oxygen atoms in total. The van der Waals surface area contributed by atoms with Crippen LogP contribution in [0.15, 0.2) is 17.8 Å². The summed E-state index contributed by atoms with van der Waals surface area (Å²) in [7, 11) is 0. The second kappa shape index (κ2) is 6.93. The number of carbonyl (C=O) groups is 1. The molecule has 0 radical (unpaired) electrons. The number of nitrogens with zero attached hydrogens (tertiary/aromatic N) is 4. The fourth-order valence-corrected chi connectivity index (χ4v) is 4.50. The third-order valence-electron chi connectivity index (χ3n) is 5.02. The van der Waals surface area contributed by atoms with Crippen LogP contribution in [0.2, 0.25) is 0 Å². The Kier molecular flexibility index (Phi) is 4.51. The molecule has 2 aliphatic rings. The van der Waals surface area contributed by atoms with Gasteiger partial charge in [-0.15, -0.1) is 11.3 Å². The second-order valence-corrected chi connectivity index (χ2v) is 7.51. The van der Waals surface area contributed by atoms with Gasteiger partial charge in [0, 0.05) is 32.2 Å². The Balaban J connectivity index is 1.36. The van der Waals surface area contributed by atoms with Gasteiger partial charge in [-0.3, -0.25) is 0 Å². The van der Waals surface area contributed by atoms with Crippen LogP contribution in [0.25, 0.3) is 10.2 Å². The van der Waals surface area contributed by atoms with Crippen LogP contribution < -0.4 is 10.2 Å². The normalized spacial score (nSPS) is 19.7. The molecule has 2 fully saturated rings. The number of piperazine rings is 1. The van der Waals surface area contributed by atoms with Crippen molar-refractivity contribution in [1.82, 2.24) is 20.2 Å². The Morgan fingerprint density at radius 2 is 1.92 bits per heavy atom. The summed E-state index contributed by atoms with van der Waals surface area (Å²) in [4.78, 5) is 25.4. The van der Waals surface area contributed by atoms with Gasteiger partial charge in [-0.25, -0.2) is 14.8 Å². The Hall–Kier alpha value is -1.89. The lowest BCUT2D eigenvalue weighted by atomic mass is 9.96. The molecule has 1 aliphatic heterocycles. The molecule has 1 saturated heterocycles. The average molecular weight is 345 g/mol. The zero-order valence-corrected chi connectivity index (χ0v) is 14.6. The number of amides is 2. The van der Waals surface area contributed by atoms with Crippen molar-refractivity contribution in [1.29, 1.82) is 0 Å². The molecule has 0 aromatic carbocycles. The quantitative estimate of drug-likeness (QED) is 0.909. The van der Waals surface area contributed by atoms with E-state index < -0.39 is 0 Å². The lowest BCUT2D eigenvalue weighted by Gasteiger charge is -2.36. The molecule has 1 aliphatic carbocycles. The van der Waals surface area contributed by atoms with E-state index in [1.807, 2.05) is 11.0 Å². The van der Waals surface area contributed by atoms with Crippen LogP contribution >= 0.6 is 11.3 Å². The predicted octanol–water partition coefficient (Wildman–Crippen LogP) is 2.86.